The Morgan fingerprint density at radius 3 is 2.54 bits per heavy atom. The number of rotatable bonds is 3. The zero-order chi connectivity index (χ0) is 9.68. The van der Waals surface area contributed by atoms with Crippen LogP contribution in [0.25, 0.3) is 0 Å². The van der Waals surface area contributed by atoms with E-state index in [0.29, 0.717) is 5.69 Å². The number of carbonyl (C=O) groups is 1. The number of anilines is 1. The van der Waals surface area contributed by atoms with Gasteiger partial charge in [0.25, 0.3) is 5.91 Å². The van der Waals surface area contributed by atoms with E-state index in [1.165, 1.54) is 0 Å². The van der Waals surface area contributed by atoms with Crippen molar-refractivity contribution in [3.63, 3.8) is 0 Å². The van der Waals surface area contributed by atoms with Crippen LogP contribution in [-0.2, 0) is 4.79 Å². The van der Waals surface area contributed by atoms with Crippen molar-refractivity contribution in [3.05, 3.63) is 30.3 Å². The Morgan fingerprint density at radius 2 is 2.00 bits per heavy atom. The van der Waals surface area contributed by atoms with Gasteiger partial charge in [0.2, 0.25) is 6.17 Å². The molecular formula is C9H9F2NO. The van der Waals surface area contributed by atoms with E-state index in [1.807, 2.05) is 0 Å². The second kappa shape index (κ2) is 4.54. The maximum absolute atomic E-state index is 12.4. The second-order valence-electron chi connectivity index (χ2n) is 2.48. The predicted octanol–water partition coefficient (Wildman–Crippen LogP) is 1.93. The molecule has 0 spiro atoms. The van der Waals surface area contributed by atoms with Crippen LogP contribution in [0.15, 0.2) is 30.3 Å². The van der Waals surface area contributed by atoms with E-state index >= 15 is 0 Å². The fraction of sp³-hybridized carbons (Fsp3) is 0.222. The number of amides is 1. The van der Waals surface area contributed by atoms with Crippen LogP contribution in [-0.4, -0.2) is 18.8 Å². The summed E-state index contributed by atoms with van der Waals surface area (Å²) in [5, 5.41) is 2.24. The summed E-state index contributed by atoms with van der Waals surface area (Å²) in [6, 6.07) is 8.35. The summed E-state index contributed by atoms with van der Waals surface area (Å²) >= 11 is 0. The van der Waals surface area contributed by atoms with Gasteiger partial charge in [0, 0.05) is 5.69 Å². The molecule has 1 amide bonds. The summed E-state index contributed by atoms with van der Waals surface area (Å²) in [5.74, 6) is -0.950. The summed E-state index contributed by atoms with van der Waals surface area (Å²) in [6.45, 7) is -1.29. The first kappa shape index (κ1) is 9.64. The van der Waals surface area contributed by atoms with Gasteiger partial charge in [-0.05, 0) is 12.1 Å². The van der Waals surface area contributed by atoms with Crippen molar-refractivity contribution in [1.29, 1.82) is 0 Å². The van der Waals surface area contributed by atoms with Crippen LogP contribution in [0.4, 0.5) is 14.5 Å². The molecule has 1 rings (SSSR count). The van der Waals surface area contributed by atoms with E-state index in [-0.39, 0.29) is 0 Å². The minimum absolute atomic E-state index is 0.462. The lowest BCUT2D eigenvalue weighted by Gasteiger charge is -2.05. The normalized spacial score (nSPS) is 12.2. The van der Waals surface area contributed by atoms with Crippen molar-refractivity contribution in [2.45, 2.75) is 6.17 Å². The molecule has 0 heterocycles. The molecule has 0 saturated carbocycles. The highest BCUT2D eigenvalue weighted by atomic mass is 19.2. The van der Waals surface area contributed by atoms with E-state index < -0.39 is 18.8 Å². The van der Waals surface area contributed by atoms with Crippen LogP contribution in [0.5, 0.6) is 0 Å². The maximum Gasteiger partial charge on any atom is 0.261 e. The fourth-order valence-corrected chi connectivity index (χ4v) is 0.812. The Hall–Kier alpha value is -1.45. The summed E-state index contributed by atoms with van der Waals surface area (Å²) in [4.78, 5) is 10.8. The molecule has 1 aromatic carbocycles. The van der Waals surface area contributed by atoms with Gasteiger partial charge in [0.05, 0.1) is 0 Å². The molecule has 0 saturated heterocycles. The lowest BCUT2D eigenvalue weighted by molar-refractivity contribution is -0.121. The molecule has 0 fully saturated rings. The third kappa shape index (κ3) is 2.82. The number of nitrogens with one attached hydrogen (secondary N) is 1. The second-order valence-corrected chi connectivity index (χ2v) is 2.48. The number of hydrogen-bond donors (Lipinski definition) is 1. The molecule has 1 unspecified atom stereocenters. The standard InChI is InChI=1S/C9H9F2NO/c10-6-8(11)9(13)12-7-4-2-1-3-5-7/h1-5,8H,6H2,(H,12,13). The van der Waals surface area contributed by atoms with Crippen LogP contribution < -0.4 is 5.32 Å². The molecule has 2 nitrogen and oxygen atoms in total. The number of carbonyl (C=O) groups excluding carboxylic acids is 1. The van der Waals surface area contributed by atoms with Crippen molar-refractivity contribution in [1.82, 2.24) is 0 Å². The van der Waals surface area contributed by atoms with Crippen LogP contribution in [0.3, 0.4) is 0 Å². The van der Waals surface area contributed by atoms with Crippen LogP contribution in [0.2, 0.25) is 0 Å². The third-order valence-electron chi connectivity index (χ3n) is 1.46. The Morgan fingerprint density at radius 1 is 1.38 bits per heavy atom. The first-order chi connectivity index (χ1) is 6.24. The average molecular weight is 185 g/mol. The van der Waals surface area contributed by atoms with Gasteiger partial charge < -0.3 is 5.32 Å². The van der Waals surface area contributed by atoms with Gasteiger partial charge in [0.1, 0.15) is 6.67 Å². The van der Waals surface area contributed by atoms with E-state index in [4.69, 9.17) is 0 Å². The Labute approximate surface area is 74.6 Å². The van der Waals surface area contributed by atoms with Gasteiger partial charge in [0.15, 0.2) is 0 Å². The number of benzene rings is 1. The topological polar surface area (TPSA) is 29.1 Å². The van der Waals surface area contributed by atoms with Gasteiger partial charge >= 0.3 is 0 Å². The minimum Gasteiger partial charge on any atom is -0.323 e. The summed E-state index contributed by atoms with van der Waals surface area (Å²) in [7, 11) is 0. The molecule has 0 bridgehead atoms. The number of halogens is 2. The molecule has 0 aromatic heterocycles. The first-order valence-corrected chi connectivity index (χ1v) is 3.80. The average Bonchev–Trinajstić information content (AvgIpc) is 2.18. The molecule has 70 valence electrons. The maximum atomic E-state index is 12.4. The van der Waals surface area contributed by atoms with Crippen molar-refractivity contribution < 1.29 is 13.6 Å². The largest absolute Gasteiger partial charge is 0.323 e. The predicted molar refractivity (Wildman–Crippen MR) is 45.9 cm³/mol. The highest BCUT2D eigenvalue weighted by Crippen LogP contribution is 2.06. The minimum atomic E-state index is -2.08. The molecule has 4 heteroatoms. The SMILES string of the molecule is O=C(Nc1ccccc1)C(F)CF. The first-order valence-electron chi connectivity index (χ1n) is 3.80. The van der Waals surface area contributed by atoms with Crippen molar-refractivity contribution in [2.75, 3.05) is 12.0 Å². The fourth-order valence-electron chi connectivity index (χ4n) is 0.812. The molecule has 1 N–H and O–H groups in total. The lowest BCUT2D eigenvalue weighted by Crippen LogP contribution is -2.25. The monoisotopic (exact) mass is 185 g/mol. The Kier molecular flexibility index (Phi) is 3.37. The zero-order valence-electron chi connectivity index (χ0n) is 6.84. The molecule has 0 radical (unpaired) electrons. The smallest absolute Gasteiger partial charge is 0.261 e. The molecule has 0 aliphatic heterocycles. The molecular weight excluding hydrogens is 176 g/mol. The van der Waals surface area contributed by atoms with Gasteiger partial charge in [-0.25, -0.2) is 8.78 Å². The van der Waals surface area contributed by atoms with E-state index in [9.17, 15) is 13.6 Å². The molecule has 0 aliphatic rings. The van der Waals surface area contributed by atoms with Crippen LogP contribution in [0.1, 0.15) is 0 Å². The summed E-state index contributed by atoms with van der Waals surface area (Å²) < 4.78 is 24.1. The quantitative estimate of drug-likeness (QED) is 0.765. The van der Waals surface area contributed by atoms with Crippen molar-refractivity contribution in [2.24, 2.45) is 0 Å². The lowest BCUT2D eigenvalue weighted by atomic mass is 10.3. The third-order valence-corrected chi connectivity index (χ3v) is 1.46. The van der Waals surface area contributed by atoms with Crippen molar-refractivity contribution in [3.8, 4) is 0 Å². The number of alkyl halides is 2. The highest BCUT2D eigenvalue weighted by Gasteiger charge is 2.16. The van der Waals surface area contributed by atoms with Crippen LogP contribution >= 0.6 is 0 Å². The molecule has 1 aromatic rings. The van der Waals surface area contributed by atoms with Gasteiger partial charge in [-0.3, -0.25) is 4.79 Å². The van der Waals surface area contributed by atoms with E-state index in [0.717, 1.165) is 0 Å². The zero-order valence-corrected chi connectivity index (χ0v) is 6.84. The molecule has 1 atom stereocenters. The summed E-state index contributed by atoms with van der Waals surface area (Å²) in [5.41, 5.74) is 0.462. The number of hydrogen-bond acceptors (Lipinski definition) is 1. The summed E-state index contributed by atoms with van der Waals surface area (Å²) in [6.07, 6.45) is -2.08. The van der Waals surface area contributed by atoms with Crippen molar-refractivity contribution >= 4 is 11.6 Å². The van der Waals surface area contributed by atoms with Gasteiger partial charge in [-0.2, -0.15) is 0 Å². The highest BCUT2D eigenvalue weighted by molar-refractivity contribution is 5.94. The Bertz CT molecular complexity index is 276. The molecule has 0 aliphatic carbocycles. The Balaban J connectivity index is 2.55. The van der Waals surface area contributed by atoms with Gasteiger partial charge in [-0.1, -0.05) is 18.2 Å². The van der Waals surface area contributed by atoms with Gasteiger partial charge in [-0.15, -0.1) is 0 Å². The van der Waals surface area contributed by atoms with E-state index in [2.05, 4.69) is 5.32 Å². The molecule has 13 heavy (non-hydrogen) atoms. The van der Waals surface area contributed by atoms with Crippen LogP contribution in [0, 0.1) is 0 Å². The number of para-hydroxylation sites is 1. The van der Waals surface area contributed by atoms with E-state index in [1.54, 1.807) is 30.3 Å².